The molecule has 1 N–H and O–H groups in total. The zero-order valence-electron chi connectivity index (χ0n) is 9.12. The first-order valence-corrected chi connectivity index (χ1v) is 6.70. The Morgan fingerprint density at radius 2 is 2.39 bits per heavy atom. The Labute approximate surface area is 111 Å². The van der Waals surface area contributed by atoms with E-state index in [1.54, 1.807) is 11.6 Å². The predicted octanol–water partition coefficient (Wildman–Crippen LogP) is 1.97. The summed E-state index contributed by atoms with van der Waals surface area (Å²) in [6.07, 6.45) is 2.95. The van der Waals surface area contributed by atoms with Crippen LogP contribution in [0.2, 0.25) is 0 Å². The largest absolute Gasteiger partial charge is 0.368 e. The summed E-state index contributed by atoms with van der Waals surface area (Å²) in [5.74, 6) is -0.0705. The number of amides is 3. The second-order valence-corrected chi connectivity index (χ2v) is 5.02. The second kappa shape index (κ2) is 5.69. The second-order valence-electron chi connectivity index (χ2n) is 3.16. The van der Waals surface area contributed by atoms with Crippen LogP contribution in [-0.2, 0) is 4.79 Å². The van der Waals surface area contributed by atoms with Crippen LogP contribution in [0, 0.1) is 0 Å². The van der Waals surface area contributed by atoms with Crippen LogP contribution in [0.5, 0.6) is 0 Å². The molecule has 0 fully saturated rings. The molecule has 6 nitrogen and oxygen atoms in total. The van der Waals surface area contributed by atoms with Gasteiger partial charge in [-0.15, -0.1) is 11.3 Å². The van der Waals surface area contributed by atoms with Crippen LogP contribution in [0.15, 0.2) is 33.7 Å². The molecule has 8 heteroatoms. The van der Waals surface area contributed by atoms with E-state index < -0.39 is 6.03 Å². The van der Waals surface area contributed by atoms with Gasteiger partial charge in [0.2, 0.25) is 5.91 Å². The van der Waals surface area contributed by atoms with Crippen molar-refractivity contribution in [2.75, 3.05) is 11.1 Å². The molecule has 0 aromatic carbocycles. The summed E-state index contributed by atoms with van der Waals surface area (Å²) in [5.41, 5.74) is 0.529. The first kappa shape index (κ1) is 12.7. The lowest BCUT2D eigenvalue weighted by atomic mass is 10.3. The SMILES string of the molecule is C=C1C=NC(=O)N=C1SCC(=O)Nc1nccs1. The third-order valence-corrected chi connectivity index (χ3v) is 3.54. The first-order valence-electron chi connectivity index (χ1n) is 4.83. The van der Waals surface area contributed by atoms with E-state index in [-0.39, 0.29) is 11.7 Å². The van der Waals surface area contributed by atoms with Crippen LogP contribution < -0.4 is 5.32 Å². The van der Waals surface area contributed by atoms with E-state index in [9.17, 15) is 9.59 Å². The van der Waals surface area contributed by atoms with Gasteiger partial charge in [0.25, 0.3) is 0 Å². The van der Waals surface area contributed by atoms with Crippen molar-refractivity contribution < 1.29 is 9.59 Å². The highest BCUT2D eigenvalue weighted by atomic mass is 32.2. The van der Waals surface area contributed by atoms with Crippen LogP contribution >= 0.6 is 23.1 Å². The number of nitrogens with one attached hydrogen (secondary N) is 1. The number of nitrogens with zero attached hydrogens (tertiary/aromatic N) is 3. The maximum absolute atomic E-state index is 11.6. The van der Waals surface area contributed by atoms with Gasteiger partial charge in [-0.3, -0.25) is 4.79 Å². The molecule has 92 valence electrons. The van der Waals surface area contributed by atoms with Gasteiger partial charge in [-0.25, -0.2) is 9.78 Å². The number of thiazole rings is 1. The Kier molecular flexibility index (Phi) is 4.00. The van der Waals surface area contributed by atoms with Crippen LogP contribution in [0.25, 0.3) is 0 Å². The highest BCUT2D eigenvalue weighted by Crippen LogP contribution is 2.16. The molecule has 0 saturated heterocycles. The standard InChI is InChI=1S/C10H8N4O2S2/c1-6-4-12-9(16)14-8(6)18-5-7(15)13-10-11-2-3-17-10/h2-4H,1,5H2,(H,11,13,15). The highest BCUT2D eigenvalue weighted by molar-refractivity contribution is 8.15. The fourth-order valence-corrected chi connectivity index (χ4v) is 2.34. The van der Waals surface area contributed by atoms with Gasteiger partial charge in [-0.05, 0) is 0 Å². The lowest BCUT2D eigenvalue weighted by molar-refractivity contribution is -0.113. The Hall–Kier alpha value is -1.80. The smallest absolute Gasteiger partial charge is 0.301 e. The summed E-state index contributed by atoms with van der Waals surface area (Å²) < 4.78 is 0. The van der Waals surface area contributed by atoms with Crippen LogP contribution in [0.4, 0.5) is 9.93 Å². The minimum absolute atomic E-state index is 0.137. The van der Waals surface area contributed by atoms with Crippen LogP contribution in [-0.4, -0.2) is 33.9 Å². The average molecular weight is 280 g/mol. The topological polar surface area (TPSA) is 83.8 Å². The maximum atomic E-state index is 11.6. The summed E-state index contributed by atoms with van der Waals surface area (Å²) in [6, 6.07) is -0.578. The van der Waals surface area contributed by atoms with Crippen molar-refractivity contribution in [2.45, 2.75) is 0 Å². The molecule has 1 aliphatic heterocycles. The molecule has 2 rings (SSSR count). The molecule has 0 saturated carbocycles. The number of aliphatic imine (C=N–C) groups is 2. The fraction of sp³-hybridized carbons (Fsp3) is 0.100. The zero-order chi connectivity index (χ0) is 13.0. The number of aromatic nitrogens is 1. The van der Waals surface area contributed by atoms with Gasteiger partial charge in [0, 0.05) is 23.4 Å². The first-order chi connectivity index (χ1) is 8.65. The van der Waals surface area contributed by atoms with Crippen molar-refractivity contribution in [3.8, 4) is 0 Å². The van der Waals surface area contributed by atoms with E-state index in [2.05, 4.69) is 26.9 Å². The Morgan fingerprint density at radius 3 is 3.11 bits per heavy atom. The van der Waals surface area contributed by atoms with Crippen molar-refractivity contribution in [3.63, 3.8) is 0 Å². The Morgan fingerprint density at radius 1 is 1.56 bits per heavy atom. The van der Waals surface area contributed by atoms with Crippen LogP contribution in [0.1, 0.15) is 0 Å². The van der Waals surface area contributed by atoms with Gasteiger partial charge in [0.15, 0.2) is 5.13 Å². The third kappa shape index (κ3) is 3.34. The molecule has 1 aromatic rings. The molecule has 1 aromatic heterocycles. The van der Waals surface area contributed by atoms with E-state index in [4.69, 9.17) is 0 Å². The summed E-state index contributed by atoms with van der Waals surface area (Å²) in [7, 11) is 0. The van der Waals surface area contributed by atoms with E-state index in [1.807, 2.05) is 0 Å². The van der Waals surface area contributed by atoms with Gasteiger partial charge >= 0.3 is 6.03 Å². The molecule has 3 amide bonds. The minimum atomic E-state index is -0.578. The van der Waals surface area contributed by atoms with Crippen LogP contribution in [0.3, 0.4) is 0 Å². The van der Waals surface area contributed by atoms with E-state index in [0.29, 0.717) is 15.7 Å². The van der Waals surface area contributed by atoms with Gasteiger partial charge in [0.05, 0.1) is 5.75 Å². The van der Waals surface area contributed by atoms with Crippen molar-refractivity contribution in [1.82, 2.24) is 4.98 Å². The van der Waals surface area contributed by atoms with Crippen molar-refractivity contribution >= 4 is 51.4 Å². The minimum Gasteiger partial charge on any atom is -0.301 e. The summed E-state index contributed by atoms with van der Waals surface area (Å²) in [6.45, 7) is 3.69. The number of carbonyl (C=O) groups is 2. The number of urea groups is 1. The molecule has 0 radical (unpaired) electrons. The van der Waals surface area contributed by atoms with E-state index >= 15 is 0 Å². The molecule has 0 unspecified atom stereocenters. The Bertz CT molecular complexity index is 548. The molecule has 18 heavy (non-hydrogen) atoms. The van der Waals surface area contributed by atoms with Crippen molar-refractivity contribution in [2.24, 2.45) is 9.98 Å². The highest BCUT2D eigenvalue weighted by Gasteiger charge is 2.14. The van der Waals surface area contributed by atoms with Crippen molar-refractivity contribution in [3.05, 3.63) is 23.7 Å². The molecule has 0 aliphatic carbocycles. The third-order valence-electron chi connectivity index (χ3n) is 1.82. The molecular weight excluding hydrogens is 272 g/mol. The lowest BCUT2D eigenvalue weighted by Gasteiger charge is -2.07. The molecule has 2 heterocycles. The van der Waals surface area contributed by atoms with Gasteiger partial charge in [-0.1, -0.05) is 18.3 Å². The van der Waals surface area contributed by atoms with Gasteiger partial charge in [-0.2, -0.15) is 9.98 Å². The number of hydrogen-bond acceptors (Lipinski definition) is 5. The predicted molar refractivity (Wildman–Crippen MR) is 73.7 cm³/mol. The zero-order valence-corrected chi connectivity index (χ0v) is 10.8. The number of anilines is 1. The normalized spacial score (nSPS) is 14.6. The van der Waals surface area contributed by atoms with E-state index in [1.165, 1.54) is 17.6 Å². The molecule has 0 spiro atoms. The number of hydrogen-bond donors (Lipinski definition) is 1. The summed E-state index contributed by atoms with van der Waals surface area (Å²) >= 11 is 2.48. The summed E-state index contributed by atoms with van der Waals surface area (Å²) in [4.78, 5) is 33.6. The monoisotopic (exact) mass is 280 g/mol. The fourth-order valence-electron chi connectivity index (χ4n) is 1.08. The molecule has 0 atom stereocenters. The molecule has 0 bridgehead atoms. The summed E-state index contributed by atoms with van der Waals surface area (Å²) in [5, 5.41) is 5.37. The van der Waals surface area contributed by atoms with Crippen molar-refractivity contribution in [1.29, 1.82) is 0 Å². The lowest BCUT2D eigenvalue weighted by Crippen LogP contribution is -2.17. The molecular formula is C10H8N4O2S2. The number of carbonyl (C=O) groups excluding carboxylic acids is 2. The average Bonchev–Trinajstić information content (AvgIpc) is 2.83. The quantitative estimate of drug-likeness (QED) is 0.917. The number of rotatable bonds is 3. The van der Waals surface area contributed by atoms with E-state index in [0.717, 1.165) is 11.8 Å². The van der Waals surface area contributed by atoms with Gasteiger partial charge < -0.3 is 5.32 Å². The Balaban J connectivity index is 1.86. The number of thioether (sulfide) groups is 1. The van der Waals surface area contributed by atoms with Gasteiger partial charge in [0.1, 0.15) is 5.04 Å². The maximum Gasteiger partial charge on any atom is 0.368 e. The molecule has 1 aliphatic rings.